The van der Waals surface area contributed by atoms with Gasteiger partial charge in [-0.25, -0.2) is 4.79 Å². The number of nitriles is 1. The van der Waals surface area contributed by atoms with E-state index in [0.717, 1.165) is 0 Å². The molecule has 0 atom stereocenters. The third-order valence-electron chi connectivity index (χ3n) is 1.78. The summed E-state index contributed by atoms with van der Waals surface area (Å²) in [6.07, 6.45) is 0. The van der Waals surface area contributed by atoms with Crippen LogP contribution in [0.25, 0.3) is 0 Å². The van der Waals surface area contributed by atoms with Crippen molar-refractivity contribution < 1.29 is 14.3 Å². The van der Waals surface area contributed by atoms with Gasteiger partial charge in [0.1, 0.15) is 11.3 Å². The summed E-state index contributed by atoms with van der Waals surface area (Å²) in [5.74, 6) is -0.0803. The number of esters is 1. The van der Waals surface area contributed by atoms with E-state index < -0.39 is 5.97 Å². The molecule has 78 valence electrons. The number of hydrogen-bond acceptors (Lipinski definition) is 4. The van der Waals surface area contributed by atoms with Gasteiger partial charge in [-0.2, -0.15) is 5.26 Å². The molecule has 0 saturated carbocycles. The van der Waals surface area contributed by atoms with Crippen LogP contribution in [0.5, 0.6) is 5.75 Å². The predicted octanol–water partition coefficient (Wildman–Crippen LogP) is 1.96. The van der Waals surface area contributed by atoms with Crippen molar-refractivity contribution in [2.75, 3.05) is 14.2 Å². The molecule has 0 aromatic heterocycles. The predicted molar refractivity (Wildman–Crippen MR) is 61.8 cm³/mol. The Labute approximate surface area is 101 Å². The normalized spacial score (nSPS) is 9.20. The number of rotatable bonds is 2. The van der Waals surface area contributed by atoms with Gasteiger partial charge in [0.05, 0.1) is 29.4 Å². The lowest BCUT2D eigenvalue weighted by Crippen LogP contribution is -2.06. The Hall–Kier alpha value is -1.29. The molecule has 0 spiro atoms. The maximum Gasteiger partial charge on any atom is 0.341 e. The molecule has 0 saturated heterocycles. The molecule has 0 aliphatic rings. The quantitative estimate of drug-likeness (QED) is 0.618. The maximum atomic E-state index is 11.4. The number of carbonyl (C=O) groups is 1. The Morgan fingerprint density at radius 3 is 2.60 bits per heavy atom. The largest absolute Gasteiger partial charge is 0.495 e. The summed E-state index contributed by atoms with van der Waals surface area (Å²) in [6, 6.07) is 5.07. The zero-order valence-corrected chi connectivity index (χ0v) is 10.4. The molecule has 0 heterocycles. The molecule has 0 aliphatic carbocycles. The lowest BCUT2D eigenvalue weighted by molar-refractivity contribution is 0.0597. The Morgan fingerprint density at radius 1 is 1.47 bits per heavy atom. The van der Waals surface area contributed by atoms with Gasteiger partial charge >= 0.3 is 5.97 Å². The number of hydrogen-bond donors (Lipinski definition) is 0. The smallest absolute Gasteiger partial charge is 0.341 e. The summed E-state index contributed by atoms with van der Waals surface area (Å²) in [5, 5.41) is 8.76. The minimum absolute atomic E-state index is 0.267. The van der Waals surface area contributed by atoms with Crippen molar-refractivity contribution in [2.45, 2.75) is 0 Å². The van der Waals surface area contributed by atoms with Gasteiger partial charge in [-0.05, 0) is 34.7 Å². The van der Waals surface area contributed by atoms with Crippen molar-refractivity contribution in [1.29, 1.82) is 5.26 Å². The van der Waals surface area contributed by atoms with Gasteiger partial charge in [0.15, 0.2) is 0 Å². The van der Waals surface area contributed by atoms with Crippen LogP contribution in [-0.2, 0) is 4.74 Å². The molecule has 1 aromatic rings. The molecule has 0 fully saturated rings. The average molecular weight is 317 g/mol. The van der Waals surface area contributed by atoms with Crippen molar-refractivity contribution in [3.05, 3.63) is 26.8 Å². The first-order chi connectivity index (χ1) is 7.13. The van der Waals surface area contributed by atoms with E-state index in [2.05, 4.69) is 4.74 Å². The Balaban J connectivity index is 3.40. The molecule has 0 N–H and O–H groups in total. The van der Waals surface area contributed by atoms with E-state index in [1.165, 1.54) is 20.3 Å². The van der Waals surface area contributed by atoms with Crippen molar-refractivity contribution in [1.82, 2.24) is 0 Å². The highest BCUT2D eigenvalue weighted by molar-refractivity contribution is 14.1. The van der Waals surface area contributed by atoms with Gasteiger partial charge in [-0.15, -0.1) is 0 Å². The summed E-state index contributed by atoms with van der Waals surface area (Å²) in [7, 11) is 2.75. The second kappa shape index (κ2) is 4.98. The van der Waals surface area contributed by atoms with Crippen LogP contribution >= 0.6 is 22.6 Å². The highest BCUT2D eigenvalue weighted by Crippen LogP contribution is 2.27. The van der Waals surface area contributed by atoms with E-state index in [9.17, 15) is 4.79 Å². The summed E-state index contributed by atoms with van der Waals surface area (Å²) in [4.78, 5) is 11.4. The maximum absolute atomic E-state index is 11.4. The van der Waals surface area contributed by atoms with E-state index in [1.54, 1.807) is 6.07 Å². The Kier molecular flexibility index (Phi) is 3.91. The second-order valence-electron chi connectivity index (χ2n) is 2.64. The van der Waals surface area contributed by atoms with Crippen LogP contribution in [0.1, 0.15) is 15.9 Å². The van der Waals surface area contributed by atoms with Gasteiger partial charge < -0.3 is 9.47 Å². The van der Waals surface area contributed by atoms with E-state index in [4.69, 9.17) is 10.00 Å². The molecular weight excluding hydrogens is 309 g/mol. The molecule has 1 rings (SSSR count). The first-order valence-corrected chi connectivity index (χ1v) is 5.07. The van der Waals surface area contributed by atoms with Crippen LogP contribution in [0.15, 0.2) is 12.1 Å². The van der Waals surface area contributed by atoms with Crippen LogP contribution < -0.4 is 4.74 Å². The summed E-state index contributed by atoms with van der Waals surface area (Å²) in [6.45, 7) is 0. The fourth-order valence-electron chi connectivity index (χ4n) is 1.13. The first-order valence-electron chi connectivity index (χ1n) is 4.00. The Bertz CT molecular complexity index is 437. The molecule has 15 heavy (non-hydrogen) atoms. The molecule has 0 unspecified atom stereocenters. The minimum Gasteiger partial charge on any atom is -0.495 e. The number of ether oxygens (including phenoxy) is 2. The second-order valence-corrected chi connectivity index (χ2v) is 3.80. The van der Waals surface area contributed by atoms with Gasteiger partial charge in [0.2, 0.25) is 0 Å². The molecule has 0 aliphatic heterocycles. The van der Waals surface area contributed by atoms with Gasteiger partial charge in [-0.1, -0.05) is 0 Å². The highest BCUT2D eigenvalue weighted by atomic mass is 127. The lowest BCUT2D eigenvalue weighted by atomic mass is 10.1. The number of benzene rings is 1. The average Bonchev–Trinajstić information content (AvgIpc) is 2.26. The van der Waals surface area contributed by atoms with Crippen molar-refractivity contribution in [3.63, 3.8) is 0 Å². The highest BCUT2D eigenvalue weighted by Gasteiger charge is 2.16. The summed E-state index contributed by atoms with van der Waals surface area (Å²) >= 11 is 2.00. The topological polar surface area (TPSA) is 59.3 Å². The lowest BCUT2D eigenvalue weighted by Gasteiger charge is -2.08. The minimum atomic E-state index is -0.512. The monoisotopic (exact) mass is 317 g/mol. The van der Waals surface area contributed by atoms with Crippen LogP contribution in [-0.4, -0.2) is 20.2 Å². The van der Waals surface area contributed by atoms with Gasteiger partial charge in [-0.3, -0.25) is 0 Å². The standard InChI is InChI=1S/C10H8INO3/c1-14-9-7(10(13)15-2)3-6(5-12)4-8(9)11/h3-4H,1-2H3. The van der Waals surface area contributed by atoms with Crippen LogP contribution in [0.2, 0.25) is 0 Å². The summed E-state index contributed by atoms with van der Waals surface area (Å²) < 4.78 is 10.4. The van der Waals surface area contributed by atoms with Crippen LogP contribution in [0.3, 0.4) is 0 Å². The number of halogens is 1. The molecule has 0 amide bonds. The zero-order chi connectivity index (χ0) is 11.4. The fraction of sp³-hybridized carbons (Fsp3) is 0.200. The molecule has 0 bridgehead atoms. The van der Waals surface area contributed by atoms with E-state index in [-0.39, 0.29) is 5.56 Å². The SMILES string of the molecule is COC(=O)c1cc(C#N)cc(I)c1OC. The molecular formula is C10H8INO3. The van der Waals surface area contributed by atoms with Crippen LogP contribution in [0.4, 0.5) is 0 Å². The molecule has 4 nitrogen and oxygen atoms in total. The Morgan fingerprint density at radius 2 is 2.13 bits per heavy atom. The van der Waals surface area contributed by atoms with Crippen molar-refractivity contribution in [2.24, 2.45) is 0 Å². The molecule has 0 radical (unpaired) electrons. The van der Waals surface area contributed by atoms with Crippen molar-refractivity contribution in [3.8, 4) is 11.8 Å². The van der Waals surface area contributed by atoms with E-state index in [1.807, 2.05) is 28.7 Å². The number of methoxy groups -OCH3 is 2. The number of carbonyl (C=O) groups excluding carboxylic acids is 1. The van der Waals surface area contributed by atoms with Gasteiger partial charge in [0, 0.05) is 0 Å². The third-order valence-corrected chi connectivity index (χ3v) is 2.58. The number of nitrogens with zero attached hydrogens (tertiary/aromatic N) is 1. The van der Waals surface area contributed by atoms with E-state index >= 15 is 0 Å². The molecule has 5 heteroatoms. The third kappa shape index (κ3) is 2.39. The molecule has 1 aromatic carbocycles. The summed E-state index contributed by atoms with van der Waals surface area (Å²) in [5.41, 5.74) is 0.670. The first kappa shape index (κ1) is 11.8. The van der Waals surface area contributed by atoms with Gasteiger partial charge in [0.25, 0.3) is 0 Å². The van der Waals surface area contributed by atoms with E-state index in [0.29, 0.717) is 14.9 Å². The van der Waals surface area contributed by atoms with Crippen LogP contribution in [0, 0.1) is 14.9 Å². The zero-order valence-electron chi connectivity index (χ0n) is 8.20. The van der Waals surface area contributed by atoms with Crippen molar-refractivity contribution >= 4 is 28.6 Å². The fourth-order valence-corrected chi connectivity index (χ4v) is 1.97.